The van der Waals surface area contributed by atoms with E-state index < -0.39 is 0 Å². The summed E-state index contributed by atoms with van der Waals surface area (Å²) >= 11 is 3.64. The van der Waals surface area contributed by atoms with Crippen LogP contribution < -0.4 is 5.32 Å². The smallest absolute Gasteiger partial charge is 0.0738 e. The van der Waals surface area contributed by atoms with Gasteiger partial charge in [-0.25, -0.2) is 0 Å². The standard InChI is InChI=1S/C14H26BrN3O/c1-6-13(19-8-3)11(16-7-2)9-12-14(15)10(4)17-18(12)5/h11,13,16H,6-9H2,1-5H3. The molecule has 1 aromatic heterocycles. The monoisotopic (exact) mass is 331 g/mol. The normalized spacial score (nSPS) is 14.6. The molecular formula is C14H26BrN3O. The second kappa shape index (κ2) is 8.02. The van der Waals surface area contributed by atoms with Gasteiger partial charge in [0, 0.05) is 26.1 Å². The van der Waals surface area contributed by atoms with Gasteiger partial charge < -0.3 is 10.1 Å². The van der Waals surface area contributed by atoms with Crippen molar-refractivity contribution in [3.05, 3.63) is 15.9 Å². The van der Waals surface area contributed by atoms with E-state index in [1.54, 1.807) is 0 Å². The fraction of sp³-hybridized carbons (Fsp3) is 0.786. The number of aromatic nitrogens is 2. The molecule has 0 saturated carbocycles. The van der Waals surface area contributed by atoms with Gasteiger partial charge in [-0.3, -0.25) is 4.68 Å². The van der Waals surface area contributed by atoms with Crippen LogP contribution in [-0.2, 0) is 18.2 Å². The fourth-order valence-corrected chi connectivity index (χ4v) is 2.94. The Morgan fingerprint density at radius 2 is 2.05 bits per heavy atom. The lowest BCUT2D eigenvalue weighted by Crippen LogP contribution is -2.43. The summed E-state index contributed by atoms with van der Waals surface area (Å²) in [5.74, 6) is 0. The Morgan fingerprint density at radius 1 is 1.37 bits per heavy atom. The zero-order valence-electron chi connectivity index (χ0n) is 12.7. The highest BCUT2D eigenvalue weighted by Gasteiger charge is 2.23. The molecule has 19 heavy (non-hydrogen) atoms. The first-order chi connectivity index (χ1) is 9.04. The van der Waals surface area contributed by atoms with Gasteiger partial charge in [0.15, 0.2) is 0 Å². The van der Waals surface area contributed by atoms with Crippen molar-refractivity contribution < 1.29 is 4.74 Å². The SMILES string of the molecule is CCNC(Cc1c(Br)c(C)nn1C)C(CC)OCC. The lowest BCUT2D eigenvalue weighted by Gasteiger charge is -2.27. The van der Waals surface area contributed by atoms with Crippen molar-refractivity contribution in [2.75, 3.05) is 13.2 Å². The van der Waals surface area contributed by atoms with Gasteiger partial charge in [-0.1, -0.05) is 13.8 Å². The molecule has 0 bridgehead atoms. The number of aryl methyl sites for hydroxylation is 2. The lowest BCUT2D eigenvalue weighted by molar-refractivity contribution is 0.0319. The van der Waals surface area contributed by atoms with Gasteiger partial charge in [-0.2, -0.15) is 5.10 Å². The van der Waals surface area contributed by atoms with E-state index in [1.807, 2.05) is 18.7 Å². The van der Waals surface area contributed by atoms with Crippen molar-refractivity contribution in [3.63, 3.8) is 0 Å². The van der Waals surface area contributed by atoms with Gasteiger partial charge in [0.2, 0.25) is 0 Å². The maximum Gasteiger partial charge on any atom is 0.0738 e. The molecule has 1 N–H and O–H groups in total. The van der Waals surface area contributed by atoms with Crippen molar-refractivity contribution in [2.24, 2.45) is 7.05 Å². The van der Waals surface area contributed by atoms with E-state index in [0.717, 1.165) is 36.2 Å². The van der Waals surface area contributed by atoms with Gasteiger partial charge in [0.1, 0.15) is 0 Å². The topological polar surface area (TPSA) is 39.1 Å². The van der Waals surface area contributed by atoms with E-state index in [9.17, 15) is 0 Å². The minimum atomic E-state index is 0.243. The maximum atomic E-state index is 5.86. The van der Waals surface area contributed by atoms with Crippen LogP contribution >= 0.6 is 15.9 Å². The number of rotatable bonds is 8. The summed E-state index contributed by atoms with van der Waals surface area (Å²) in [5.41, 5.74) is 2.26. The van der Waals surface area contributed by atoms with E-state index in [1.165, 1.54) is 5.69 Å². The molecule has 2 unspecified atom stereocenters. The van der Waals surface area contributed by atoms with Crippen LogP contribution in [0.1, 0.15) is 38.6 Å². The lowest BCUT2D eigenvalue weighted by atomic mass is 10.0. The molecule has 0 fully saturated rings. The molecule has 0 aliphatic heterocycles. The van der Waals surface area contributed by atoms with E-state index in [4.69, 9.17) is 4.74 Å². The number of hydrogen-bond acceptors (Lipinski definition) is 3. The second-order valence-corrected chi connectivity index (χ2v) is 5.53. The summed E-state index contributed by atoms with van der Waals surface area (Å²) in [7, 11) is 2.00. The van der Waals surface area contributed by atoms with E-state index in [2.05, 4.69) is 47.1 Å². The summed E-state index contributed by atoms with van der Waals surface area (Å²) in [6.07, 6.45) is 2.18. The predicted molar refractivity (Wildman–Crippen MR) is 82.5 cm³/mol. The zero-order chi connectivity index (χ0) is 14.4. The van der Waals surface area contributed by atoms with Gasteiger partial charge in [-0.05, 0) is 42.7 Å². The summed E-state index contributed by atoms with van der Waals surface area (Å²) in [6.45, 7) is 10.1. The predicted octanol–water partition coefficient (Wildman–Crippen LogP) is 2.83. The van der Waals surface area contributed by atoms with Gasteiger partial charge in [-0.15, -0.1) is 0 Å². The van der Waals surface area contributed by atoms with E-state index >= 15 is 0 Å². The summed E-state index contributed by atoms with van der Waals surface area (Å²) in [6, 6.07) is 0.320. The first-order valence-electron chi connectivity index (χ1n) is 7.07. The average Bonchev–Trinajstić information content (AvgIpc) is 2.62. The van der Waals surface area contributed by atoms with E-state index in [-0.39, 0.29) is 6.10 Å². The van der Waals surface area contributed by atoms with Crippen molar-refractivity contribution in [3.8, 4) is 0 Å². The minimum absolute atomic E-state index is 0.243. The molecule has 0 aliphatic carbocycles. The highest BCUT2D eigenvalue weighted by atomic mass is 79.9. The third kappa shape index (κ3) is 4.29. The Hall–Kier alpha value is -0.390. The van der Waals surface area contributed by atoms with Crippen LogP contribution in [0.2, 0.25) is 0 Å². The Labute approximate surface area is 125 Å². The summed E-state index contributed by atoms with van der Waals surface area (Å²) in [5, 5.41) is 8.00. The Morgan fingerprint density at radius 3 is 2.47 bits per heavy atom. The van der Waals surface area contributed by atoms with Crippen LogP contribution in [0.3, 0.4) is 0 Å². The highest BCUT2D eigenvalue weighted by molar-refractivity contribution is 9.10. The number of ether oxygens (including phenoxy) is 1. The fourth-order valence-electron chi connectivity index (χ4n) is 2.44. The van der Waals surface area contributed by atoms with Crippen LogP contribution in [0.5, 0.6) is 0 Å². The molecule has 0 radical (unpaired) electrons. The quantitative estimate of drug-likeness (QED) is 0.796. The number of likely N-dealkylation sites (N-methyl/N-ethyl adjacent to an activating group) is 1. The van der Waals surface area contributed by atoms with Crippen molar-refractivity contribution >= 4 is 15.9 Å². The van der Waals surface area contributed by atoms with Gasteiger partial charge in [0.25, 0.3) is 0 Å². The number of nitrogens with zero attached hydrogens (tertiary/aromatic N) is 2. The molecule has 2 atom stereocenters. The molecule has 5 heteroatoms. The van der Waals surface area contributed by atoms with Gasteiger partial charge >= 0.3 is 0 Å². The number of halogens is 1. The van der Waals surface area contributed by atoms with Crippen molar-refractivity contribution in [1.82, 2.24) is 15.1 Å². The maximum absolute atomic E-state index is 5.86. The Balaban J connectivity index is 2.88. The van der Waals surface area contributed by atoms with Crippen molar-refractivity contribution in [2.45, 2.75) is 52.7 Å². The first-order valence-corrected chi connectivity index (χ1v) is 7.87. The molecule has 0 amide bonds. The Kier molecular flexibility index (Phi) is 7.04. The molecule has 1 aromatic rings. The molecule has 0 aromatic carbocycles. The summed E-state index contributed by atoms with van der Waals surface area (Å²) < 4.78 is 8.93. The molecule has 0 aliphatic rings. The molecule has 0 spiro atoms. The number of nitrogens with one attached hydrogen (secondary N) is 1. The third-order valence-corrected chi connectivity index (χ3v) is 4.40. The molecule has 4 nitrogen and oxygen atoms in total. The average molecular weight is 332 g/mol. The van der Waals surface area contributed by atoms with E-state index in [0.29, 0.717) is 6.04 Å². The van der Waals surface area contributed by atoms with Crippen LogP contribution in [0.4, 0.5) is 0 Å². The van der Waals surface area contributed by atoms with Crippen LogP contribution in [-0.4, -0.2) is 35.1 Å². The number of hydrogen-bond donors (Lipinski definition) is 1. The largest absolute Gasteiger partial charge is 0.377 e. The minimum Gasteiger partial charge on any atom is -0.377 e. The molecule has 1 rings (SSSR count). The highest BCUT2D eigenvalue weighted by Crippen LogP contribution is 2.23. The molecule has 110 valence electrons. The first kappa shape index (κ1) is 16.7. The summed E-state index contributed by atoms with van der Waals surface area (Å²) in [4.78, 5) is 0. The zero-order valence-corrected chi connectivity index (χ0v) is 14.2. The second-order valence-electron chi connectivity index (χ2n) is 4.74. The van der Waals surface area contributed by atoms with Crippen LogP contribution in [0.25, 0.3) is 0 Å². The van der Waals surface area contributed by atoms with Crippen LogP contribution in [0, 0.1) is 6.92 Å². The van der Waals surface area contributed by atoms with Gasteiger partial charge in [0.05, 0.1) is 22.0 Å². The molecule has 0 saturated heterocycles. The van der Waals surface area contributed by atoms with Crippen LogP contribution in [0.15, 0.2) is 4.47 Å². The van der Waals surface area contributed by atoms with Crippen molar-refractivity contribution in [1.29, 1.82) is 0 Å². The molecule has 1 heterocycles. The Bertz CT molecular complexity index is 392. The molecular weight excluding hydrogens is 306 g/mol. The third-order valence-electron chi connectivity index (χ3n) is 3.37.